The zero-order chi connectivity index (χ0) is 21.4. The number of amides is 1. The fourth-order valence-corrected chi connectivity index (χ4v) is 7.07. The first kappa shape index (κ1) is 20.9. The third kappa shape index (κ3) is 4.61. The maximum atomic E-state index is 12.6. The van der Waals surface area contributed by atoms with Gasteiger partial charge in [-0.05, 0) is 93.2 Å². The maximum absolute atomic E-state index is 12.6. The first-order valence-corrected chi connectivity index (χ1v) is 12.4. The molecule has 4 bridgehead atoms. The molecule has 1 aromatic heterocycles. The van der Waals surface area contributed by atoms with Crippen molar-refractivity contribution in [2.75, 3.05) is 5.75 Å². The fourth-order valence-electron chi connectivity index (χ4n) is 6.48. The van der Waals surface area contributed by atoms with Gasteiger partial charge in [-0.1, -0.05) is 23.9 Å². The SMILES string of the molecule is Cc1cccc(OCc2nnc(SCC(=O)NC(C)C34CC5CC(CC(C5)C3)C4)o2)c1. The molecule has 7 heteroatoms. The van der Waals surface area contributed by atoms with E-state index in [2.05, 4.69) is 22.4 Å². The summed E-state index contributed by atoms with van der Waals surface area (Å²) in [6.07, 6.45) is 8.14. The number of thioether (sulfide) groups is 1. The lowest BCUT2D eigenvalue weighted by Gasteiger charge is -2.59. The Morgan fingerprint density at radius 3 is 2.61 bits per heavy atom. The van der Waals surface area contributed by atoms with Crippen LogP contribution in [0.4, 0.5) is 0 Å². The molecule has 0 radical (unpaired) electrons. The number of aryl methyl sites for hydroxylation is 1. The zero-order valence-electron chi connectivity index (χ0n) is 18.3. The van der Waals surface area contributed by atoms with E-state index in [4.69, 9.17) is 9.15 Å². The second-order valence-electron chi connectivity index (χ2n) is 9.92. The topological polar surface area (TPSA) is 77.2 Å². The number of aromatic nitrogens is 2. The molecule has 1 amide bonds. The molecular formula is C24H31N3O3S. The molecule has 31 heavy (non-hydrogen) atoms. The lowest BCUT2D eigenvalue weighted by molar-refractivity contribution is -0.123. The van der Waals surface area contributed by atoms with Crippen LogP contribution >= 0.6 is 11.8 Å². The summed E-state index contributed by atoms with van der Waals surface area (Å²) < 4.78 is 11.3. The lowest BCUT2D eigenvalue weighted by Crippen LogP contribution is -2.56. The van der Waals surface area contributed by atoms with Gasteiger partial charge in [0.05, 0.1) is 5.75 Å². The predicted molar refractivity (Wildman–Crippen MR) is 119 cm³/mol. The zero-order valence-corrected chi connectivity index (χ0v) is 19.1. The number of carbonyl (C=O) groups excluding carboxylic acids is 1. The first-order valence-electron chi connectivity index (χ1n) is 11.4. The normalized spacial score (nSPS) is 29.7. The van der Waals surface area contributed by atoms with Crippen molar-refractivity contribution < 1.29 is 13.9 Å². The summed E-state index contributed by atoms with van der Waals surface area (Å²) in [7, 11) is 0. The molecule has 0 aliphatic heterocycles. The van der Waals surface area contributed by atoms with Crippen LogP contribution in [0.15, 0.2) is 33.9 Å². The number of hydrogen-bond donors (Lipinski definition) is 1. The summed E-state index contributed by atoms with van der Waals surface area (Å²) in [5.41, 5.74) is 1.45. The second kappa shape index (κ2) is 8.49. The van der Waals surface area contributed by atoms with E-state index in [0.717, 1.165) is 29.1 Å². The summed E-state index contributed by atoms with van der Waals surface area (Å²) >= 11 is 1.28. The minimum atomic E-state index is 0.0454. The van der Waals surface area contributed by atoms with Gasteiger partial charge >= 0.3 is 0 Å². The van der Waals surface area contributed by atoms with Crippen LogP contribution in [-0.4, -0.2) is 27.9 Å². The quantitative estimate of drug-likeness (QED) is 0.595. The molecule has 6 rings (SSSR count). The Morgan fingerprint density at radius 2 is 1.94 bits per heavy atom. The van der Waals surface area contributed by atoms with E-state index in [1.807, 2.05) is 31.2 Å². The van der Waals surface area contributed by atoms with Crippen LogP contribution in [-0.2, 0) is 11.4 Å². The van der Waals surface area contributed by atoms with Gasteiger partial charge in [0.15, 0.2) is 6.61 Å². The van der Waals surface area contributed by atoms with Crippen molar-refractivity contribution >= 4 is 17.7 Å². The van der Waals surface area contributed by atoms with E-state index in [0.29, 0.717) is 16.5 Å². The minimum absolute atomic E-state index is 0.0454. The first-order chi connectivity index (χ1) is 15.0. The van der Waals surface area contributed by atoms with Crippen LogP contribution in [0, 0.1) is 30.1 Å². The Morgan fingerprint density at radius 1 is 1.23 bits per heavy atom. The number of carbonyl (C=O) groups is 1. The highest BCUT2D eigenvalue weighted by Crippen LogP contribution is 2.61. The molecule has 166 valence electrons. The standard InChI is InChI=1S/C24H31N3O3S/c1-15-4-3-5-20(6-15)29-13-22-26-27-23(30-22)31-14-21(28)25-16(2)24-10-17-7-18(11-24)9-19(8-17)12-24/h3-6,16-19H,7-14H2,1-2H3,(H,25,28). The van der Waals surface area contributed by atoms with Crippen molar-refractivity contribution in [1.82, 2.24) is 15.5 Å². The highest BCUT2D eigenvalue weighted by molar-refractivity contribution is 7.99. The highest BCUT2D eigenvalue weighted by Gasteiger charge is 2.53. The summed E-state index contributed by atoms with van der Waals surface area (Å²) in [5.74, 6) is 4.18. The van der Waals surface area contributed by atoms with Gasteiger partial charge in [0.2, 0.25) is 5.91 Å². The third-order valence-electron chi connectivity index (χ3n) is 7.51. The number of rotatable bonds is 8. The Bertz CT molecular complexity index is 908. The molecule has 4 saturated carbocycles. The third-order valence-corrected chi connectivity index (χ3v) is 8.33. The summed E-state index contributed by atoms with van der Waals surface area (Å²) in [4.78, 5) is 12.6. The maximum Gasteiger partial charge on any atom is 0.277 e. The van der Waals surface area contributed by atoms with Gasteiger partial charge < -0.3 is 14.5 Å². The fraction of sp³-hybridized carbons (Fsp3) is 0.625. The van der Waals surface area contributed by atoms with Crippen molar-refractivity contribution in [3.63, 3.8) is 0 Å². The van der Waals surface area contributed by atoms with Crippen LogP contribution in [0.1, 0.15) is 56.9 Å². The highest BCUT2D eigenvalue weighted by atomic mass is 32.2. The molecule has 6 nitrogen and oxygen atoms in total. The van der Waals surface area contributed by atoms with Gasteiger partial charge in [-0.15, -0.1) is 10.2 Å². The van der Waals surface area contributed by atoms with E-state index in [-0.39, 0.29) is 24.3 Å². The van der Waals surface area contributed by atoms with Gasteiger partial charge in [0.1, 0.15) is 5.75 Å². The molecule has 0 spiro atoms. The van der Waals surface area contributed by atoms with Crippen molar-refractivity contribution in [1.29, 1.82) is 0 Å². The Kier molecular flexibility index (Phi) is 5.71. The van der Waals surface area contributed by atoms with E-state index in [9.17, 15) is 4.79 Å². The Hall–Kier alpha value is -2.02. The molecule has 4 aliphatic rings. The summed E-state index contributed by atoms with van der Waals surface area (Å²) in [6.45, 7) is 4.44. The van der Waals surface area contributed by atoms with Gasteiger partial charge in [0.25, 0.3) is 11.1 Å². The molecule has 4 aliphatic carbocycles. The molecule has 1 N–H and O–H groups in total. The van der Waals surface area contributed by atoms with Crippen LogP contribution in [0.2, 0.25) is 0 Å². The average molecular weight is 442 g/mol. The van der Waals surface area contributed by atoms with Crippen molar-refractivity contribution in [2.45, 2.75) is 70.2 Å². The molecule has 1 unspecified atom stereocenters. The molecular weight excluding hydrogens is 410 g/mol. The largest absolute Gasteiger partial charge is 0.484 e. The van der Waals surface area contributed by atoms with Crippen LogP contribution in [0.5, 0.6) is 5.75 Å². The number of hydrogen-bond acceptors (Lipinski definition) is 6. The number of nitrogens with zero attached hydrogens (tertiary/aromatic N) is 2. The van der Waals surface area contributed by atoms with Crippen molar-refractivity contribution in [3.05, 3.63) is 35.7 Å². The molecule has 1 atom stereocenters. The van der Waals surface area contributed by atoms with Crippen molar-refractivity contribution in [3.8, 4) is 5.75 Å². The smallest absolute Gasteiger partial charge is 0.277 e. The van der Waals surface area contributed by atoms with E-state index < -0.39 is 0 Å². The Labute approximate surface area is 187 Å². The molecule has 2 aromatic rings. The number of nitrogens with one attached hydrogen (secondary N) is 1. The van der Waals surface area contributed by atoms with E-state index in [1.165, 1.54) is 50.3 Å². The van der Waals surface area contributed by atoms with Crippen LogP contribution < -0.4 is 10.1 Å². The second-order valence-corrected chi connectivity index (χ2v) is 10.9. The molecule has 4 fully saturated rings. The van der Waals surface area contributed by atoms with Gasteiger partial charge in [0, 0.05) is 6.04 Å². The van der Waals surface area contributed by atoms with Gasteiger partial charge in [-0.2, -0.15) is 0 Å². The van der Waals surface area contributed by atoms with Crippen molar-refractivity contribution in [2.24, 2.45) is 23.2 Å². The number of ether oxygens (including phenoxy) is 1. The average Bonchev–Trinajstić information content (AvgIpc) is 3.18. The van der Waals surface area contributed by atoms with Crippen LogP contribution in [0.3, 0.4) is 0 Å². The van der Waals surface area contributed by atoms with E-state index >= 15 is 0 Å². The molecule has 1 heterocycles. The summed E-state index contributed by atoms with van der Waals surface area (Å²) in [5, 5.41) is 11.8. The van der Waals surface area contributed by atoms with Crippen LogP contribution in [0.25, 0.3) is 0 Å². The Balaban J connectivity index is 1.09. The van der Waals surface area contributed by atoms with E-state index in [1.54, 1.807) is 0 Å². The lowest BCUT2D eigenvalue weighted by atomic mass is 9.48. The van der Waals surface area contributed by atoms with Gasteiger partial charge in [-0.25, -0.2) is 0 Å². The number of benzene rings is 1. The predicted octanol–water partition coefficient (Wildman–Crippen LogP) is 4.77. The minimum Gasteiger partial charge on any atom is -0.484 e. The molecule has 1 aromatic carbocycles. The van der Waals surface area contributed by atoms with Gasteiger partial charge in [-0.3, -0.25) is 4.79 Å². The molecule has 0 saturated heterocycles. The summed E-state index contributed by atoms with van der Waals surface area (Å²) in [6, 6.07) is 8.05. The monoisotopic (exact) mass is 441 g/mol.